The summed E-state index contributed by atoms with van der Waals surface area (Å²) in [6.07, 6.45) is -11.5. The Balaban J connectivity index is 2.10. The second-order valence-electron chi connectivity index (χ2n) is 14.3. The van der Waals surface area contributed by atoms with Crippen LogP contribution < -0.4 is 88.6 Å². The van der Waals surface area contributed by atoms with E-state index in [4.69, 9.17) is 56.9 Å². The number of carbonyl (C=O) groups excluding carboxylic acids is 6. The minimum Gasteiger partial charge on any atom is -0.505 e. The van der Waals surface area contributed by atoms with Gasteiger partial charge < -0.3 is 93.3 Å². The molecule has 0 aromatic heterocycles. The first kappa shape index (κ1) is 57.4. The van der Waals surface area contributed by atoms with E-state index in [2.05, 4.69) is 35.6 Å². The number of amides is 6. The van der Waals surface area contributed by atoms with Gasteiger partial charge in [0.05, 0.1) is 27.4 Å². The number of aliphatic hydroxyl groups excluding tert-OH is 1. The van der Waals surface area contributed by atoms with E-state index >= 15 is 0 Å². The molecule has 3 aromatic rings. The van der Waals surface area contributed by atoms with Crippen molar-refractivity contribution in [3.63, 3.8) is 0 Å². The highest BCUT2D eigenvalue weighted by Gasteiger charge is 2.37. The third kappa shape index (κ3) is 16.1. The number of phenols is 1. The summed E-state index contributed by atoms with van der Waals surface area (Å²) in [5, 5.41) is 77.4. The van der Waals surface area contributed by atoms with Crippen LogP contribution in [0, 0.1) is 30.3 Å². The van der Waals surface area contributed by atoms with E-state index < -0.39 is 157 Å². The first-order valence-corrected chi connectivity index (χ1v) is 19.8. The van der Waals surface area contributed by atoms with Crippen molar-refractivity contribution < 1.29 is 64.0 Å². The third-order valence-corrected chi connectivity index (χ3v) is 9.01. The molecular weight excluding hydrogens is 999 g/mol. The van der Waals surface area contributed by atoms with E-state index in [9.17, 15) is 69.3 Å². The van der Waals surface area contributed by atoms with E-state index in [0.717, 1.165) is 0 Å². The number of nitrogens with zero attached hydrogens (tertiary/aromatic N) is 8. The van der Waals surface area contributed by atoms with Crippen LogP contribution in [-0.2, 0) is 40.3 Å². The molecule has 396 valence electrons. The monoisotopic (exact) mass is 1040 g/mol. The number of hydrogen-bond acceptors (Lipinski definition) is 22. The van der Waals surface area contributed by atoms with Crippen LogP contribution in [0.3, 0.4) is 0 Å². The van der Waals surface area contributed by atoms with Crippen LogP contribution in [-0.4, -0.2) is 120 Å². The van der Waals surface area contributed by atoms with Crippen molar-refractivity contribution in [3.05, 3.63) is 102 Å². The number of anilines is 2. The molecule has 39 nitrogen and oxygen atoms in total. The topological polar surface area (TPSA) is 661 Å². The average molecular weight is 1040 g/mol. The molecule has 0 aliphatic heterocycles. The number of nitrogens with one attached hydrogen (secondary N) is 6. The van der Waals surface area contributed by atoms with Crippen LogP contribution in [0.4, 0.5) is 28.4 Å². The van der Waals surface area contributed by atoms with Crippen molar-refractivity contribution in [1.82, 2.24) is 26.6 Å². The molecule has 0 aliphatic rings. The van der Waals surface area contributed by atoms with Crippen LogP contribution >= 0.6 is 0 Å². The lowest BCUT2D eigenvalue weighted by atomic mass is 10.1. The minimum absolute atomic E-state index is 0.140. The summed E-state index contributed by atoms with van der Waals surface area (Å²) < 4.78 is 0. The minimum atomic E-state index is -2.76. The number of rotatable bonds is 25. The molecule has 74 heavy (non-hydrogen) atoms. The maximum atomic E-state index is 14.2. The first-order valence-electron chi connectivity index (χ1n) is 19.8. The second-order valence-corrected chi connectivity index (χ2v) is 14.3. The lowest BCUT2D eigenvalue weighted by molar-refractivity contribution is -0.393. The highest BCUT2D eigenvalue weighted by atomic mass is 17.2. The van der Waals surface area contributed by atoms with Gasteiger partial charge in [0, 0.05) is 23.8 Å². The van der Waals surface area contributed by atoms with Gasteiger partial charge >= 0.3 is 0 Å². The first-order chi connectivity index (χ1) is 34.6. The van der Waals surface area contributed by atoms with Gasteiger partial charge in [-0.05, 0) is 11.6 Å². The molecule has 0 bridgehead atoms. The Kier molecular flexibility index (Phi) is 19.8. The van der Waals surface area contributed by atoms with E-state index in [1.54, 1.807) is 5.48 Å². The normalized spacial score (nSPS) is 12.9. The van der Waals surface area contributed by atoms with Gasteiger partial charge in [0.15, 0.2) is 23.8 Å². The molecule has 6 atom stereocenters. The van der Waals surface area contributed by atoms with Crippen molar-refractivity contribution in [3.8, 4) is 5.75 Å². The molecule has 0 spiro atoms. The molecule has 0 saturated carbocycles. The largest absolute Gasteiger partial charge is 0.505 e. The number of aliphatic imine (C=N–C) groups is 4. The quantitative estimate of drug-likeness (QED) is 0.00713. The van der Waals surface area contributed by atoms with Crippen molar-refractivity contribution in [2.24, 2.45) is 71.6 Å². The second kappa shape index (κ2) is 25.6. The number of primary amides is 1. The number of aliphatic hydroxyl groups is 1. The number of hydrogen-bond donors (Lipinski definition) is 18. The molecule has 3 aromatic carbocycles. The summed E-state index contributed by atoms with van der Waals surface area (Å²) in [6, 6.07) is 7.77. The molecule has 3 rings (SSSR count). The zero-order valence-corrected chi connectivity index (χ0v) is 37.4. The fraction of sp³-hybridized carbons (Fsp3) is 0.200. The molecule has 0 saturated heterocycles. The van der Waals surface area contributed by atoms with Gasteiger partial charge in [-0.25, -0.2) is 30.7 Å². The Hall–Kier alpha value is -11.0. The molecule has 0 fully saturated rings. The van der Waals surface area contributed by atoms with Crippen molar-refractivity contribution in [2.45, 2.75) is 43.5 Å². The number of carbonyl (C=O) groups is 6. The number of non-ortho nitro benzene ring substituents is 2. The van der Waals surface area contributed by atoms with E-state index in [1.165, 1.54) is 30.3 Å². The van der Waals surface area contributed by atoms with Gasteiger partial charge in [0.2, 0.25) is 36.8 Å². The highest BCUT2D eigenvalue weighted by molar-refractivity contribution is 5.99. The number of nitro benzene ring substituents is 3. The SMILES string of the molecule is NC(=O)C(N=C(N)N)NC(=O)C(N=C(N)N)NC(=O)C(N=C(N)N)NC(=O)C(N=C(N)N)NC(=O)C(NC(=O)C(O)N(Cc1cc([N+](=O)[O-])cc(NOO)c1O)c1ccc([N+](=O)[O-])cc1[N+](=O)[O-])c1ccccc1. The summed E-state index contributed by atoms with van der Waals surface area (Å²) >= 11 is 0. The number of phenolic OH excluding ortho intramolecular Hbond substituents is 1. The smallest absolute Gasteiger partial charge is 0.299 e. The summed E-state index contributed by atoms with van der Waals surface area (Å²) in [6.45, 7) is -1.11. The Morgan fingerprint density at radius 2 is 1.05 bits per heavy atom. The molecular formula is C35H45N23O16. The number of benzene rings is 3. The van der Waals surface area contributed by atoms with Gasteiger partial charge in [-0.1, -0.05) is 30.3 Å². The third-order valence-electron chi connectivity index (χ3n) is 9.01. The number of nitro groups is 3. The Morgan fingerprint density at radius 1 is 0.595 bits per heavy atom. The highest BCUT2D eigenvalue weighted by Crippen LogP contribution is 2.38. The van der Waals surface area contributed by atoms with E-state index in [0.29, 0.717) is 35.2 Å². The van der Waals surface area contributed by atoms with Crippen molar-refractivity contribution in [2.75, 3.05) is 10.4 Å². The fourth-order valence-electron chi connectivity index (χ4n) is 5.93. The van der Waals surface area contributed by atoms with E-state index in [-0.39, 0.29) is 5.56 Å². The van der Waals surface area contributed by atoms with Gasteiger partial charge in [-0.2, -0.15) is 0 Å². The van der Waals surface area contributed by atoms with Gasteiger partial charge in [0.25, 0.3) is 46.6 Å². The molecule has 27 N–H and O–H groups in total. The number of aromatic hydroxyl groups is 1. The summed E-state index contributed by atoms with van der Waals surface area (Å²) in [5.74, 6) is -13.1. The number of nitrogens with two attached hydrogens (primary N) is 9. The van der Waals surface area contributed by atoms with Crippen LogP contribution in [0.5, 0.6) is 5.75 Å². The summed E-state index contributed by atoms with van der Waals surface area (Å²) in [7, 11) is 0. The average Bonchev–Trinajstić information content (AvgIpc) is 3.31. The molecule has 39 heteroatoms. The molecule has 6 unspecified atom stereocenters. The number of guanidine groups is 4. The van der Waals surface area contributed by atoms with Crippen LogP contribution in [0.1, 0.15) is 17.2 Å². The molecule has 0 radical (unpaired) electrons. The molecule has 6 amide bonds. The van der Waals surface area contributed by atoms with Crippen molar-refractivity contribution in [1.29, 1.82) is 0 Å². The van der Waals surface area contributed by atoms with Gasteiger partial charge in [-0.3, -0.25) is 59.1 Å². The van der Waals surface area contributed by atoms with Crippen LogP contribution in [0.25, 0.3) is 0 Å². The zero-order chi connectivity index (χ0) is 55.7. The lowest BCUT2D eigenvalue weighted by Crippen LogP contribution is -2.58. The van der Waals surface area contributed by atoms with E-state index in [1.807, 2.05) is 16.0 Å². The molecule has 0 heterocycles. The maximum absolute atomic E-state index is 14.2. The standard InChI is InChI=1S/C35H45N23O16/c36-21(60)22(50-32(37)38)46-27(62)24(52-34(41)42)48-29(64)25(53-35(43)44)49-28(63)23(51-33(39)40)47-26(61)19(12-4-2-1-3-5-12)45-30(65)31(66)55(17-7-6-14(56(67)68)10-18(17)58(71)72)11-13-8-15(57(69)70)9-16(20(13)59)54-74-73/h1-10,19,22-25,31,54,59,66,73H,11H2,(H2,36,60)(H,45,65)(H,46,62)(H,47,61)(H,48,64)(H,49,63)(H4,37,38,50)(H4,39,40,51)(H4,41,42,52)(H4,43,44,53). The maximum Gasteiger partial charge on any atom is 0.299 e. The van der Waals surface area contributed by atoms with Gasteiger partial charge in [0.1, 0.15) is 23.2 Å². The fourth-order valence-corrected chi connectivity index (χ4v) is 5.93. The Morgan fingerprint density at radius 3 is 1.49 bits per heavy atom. The zero-order valence-electron chi connectivity index (χ0n) is 37.4. The summed E-state index contributed by atoms with van der Waals surface area (Å²) in [5.41, 5.74) is 45.2. The predicted octanol–water partition coefficient (Wildman–Crippen LogP) is -7.54. The lowest BCUT2D eigenvalue weighted by Gasteiger charge is -2.30. The van der Waals surface area contributed by atoms with Crippen LogP contribution in [0.2, 0.25) is 0 Å². The van der Waals surface area contributed by atoms with Crippen LogP contribution in [0.15, 0.2) is 80.6 Å². The van der Waals surface area contributed by atoms with Gasteiger partial charge in [-0.15, -0.1) is 4.99 Å². The Labute approximate surface area is 411 Å². The van der Waals surface area contributed by atoms with Crippen molar-refractivity contribution >= 4 is 87.7 Å². The Bertz CT molecular complexity index is 2780. The summed E-state index contributed by atoms with van der Waals surface area (Å²) in [4.78, 5) is 131. The molecule has 0 aliphatic carbocycles. The predicted molar refractivity (Wildman–Crippen MR) is 252 cm³/mol.